The number of aromatic hydroxyl groups is 1. The Morgan fingerprint density at radius 3 is 2.92 bits per heavy atom. The highest BCUT2D eigenvalue weighted by molar-refractivity contribution is 14.0. The van der Waals surface area contributed by atoms with E-state index in [4.69, 9.17) is 4.74 Å². The molecular formula is C16H25IN4O3. The lowest BCUT2D eigenvalue weighted by Gasteiger charge is -2.25. The number of rotatable bonds is 5. The summed E-state index contributed by atoms with van der Waals surface area (Å²) >= 11 is 0. The number of hydrogen-bond donors (Lipinski definition) is 4. The van der Waals surface area contributed by atoms with Crippen LogP contribution < -0.4 is 20.7 Å². The summed E-state index contributed by atoms with van der Waals surface area (Å²) in [5.41, 5.74) is 0.693. The number of benzene rings is 1. The van der Waals surface area contributed by atoms with Gasteiger partial charge in [-0.2, -0.15) is 0 Å². The van der Waals surface area contributed by atoms with Gasteiger partial charge >= 0.3 is 0 Å². The van der Waals surface area contributed by atoms with Gasteiger partial charge < -0.3 is 25.8 Å². The molecule has 0 spiro atoms. The van der Waals surface area contributed by atoms with Gasteiger partial charge in [-0.1, -0.05) is 0 Å². The van der Waals surface area contributed by atoms with Crippen molar-refractivity contribution < 1.29 is 14.6 Å². The van der Waals surface area contributed by atoms with Crippen molar-refractivity contribution in [1.29, 1.82) is 0 Å². The van der Waals surface area contributed by atoms with Gasteiger partial charge in [-0.05, 0) is 31.5 Å². The molecule has 4 N–H and O–H groups in total. The minimum atomic E-state index is 0. The average Bonchev–Trinajstić information content (AvgIpc) is 2.56. The minimum absolute atomic E-state index is 0. The van der Waals surface area contributed by atoms with Crippen molar-refractivity contribution in [3.63, 3.8) is 0 Å². The first-order chi connectivity index (χ1) is 11.1. The van der Waals surface area contributed by atoms with Crippen LogP contribution in [0.15, 0.2) is 23.2 Å². The zero-order valence-electron chi connectivity index (χ0n) is 14.0. The Labute approximate surface area is 159 Å². The van der Waals surface area contributed by atoms with Crippen LogP contribution in [-0.2, 0) is 11.3 Å². The van der Waals surface area contributed by atoms with Crippen molar-refractivity contribution in [3.8, 4) is 11.5 Å². The number of carbonyl (C=O) groups is 1. The molecule has 1 fully saturated rings. The highest BCUT2D eigenvalue weighted by Gasteiger charge is 2.18. The number of carbonyl (C=O) groups excluding carboxylic acids is 1. The van der Waals surface area contributed by atoms with Crippen molar-refractivity contribution in [2.45, 2.75) is 32.4 Å². The summed E-state index contributed by atoms with van der Waals surface area (Å²) < 4.78 is 5.16. The van der Waals surface area contributed by atoms with Gasteiger partial charge in [0.05, 0.1) is 13.7 Å². The van der Waals surface area contributed by atoms with Crippen LogP contribution in [0.1, 0.15) is 25.3 Å². The van der Waals surface area contributed by atoms with Crippen LogP contribution >= 0.6 is 24.0 Å². The predicted octanol–water partition coefficient (Wildman–Crippen LogP) is 1.35. The molecule has 0 radical (unpaired) electrons. The molecule has 1 heterocycles. The third-order valence-corrected chi connectivity index (χ3v) is 3.64. The van der Waals surface area contributed by atoms with E-state index in [1.807, 2.05) is 6.92 Å². The summed E-state index contributed by atoms with van der Waals surface area (Å²) in [6, 6.07) is 5.23. The Balaban J connectivity index is 0.00000288. The predicted molar refractivity (Wildman–Crippen MR) is 104 cm³/mol. The van der Waals surface area contributed by atoms with Crippen LogP contribution in [-0.4, -0.2) is 43.2 Å². The van der Waals surface area contributed by atoms with Gasteiger partial charge in [0.15, 0.2) is 5.96 Å². The number of ether oxygens (including phenoxy) is 1. The summed E-state index contributed by atoms with van der Waals surface area (Å²) in [6.45, 7) is 3.64. The fraction of sp³-hybridized carbons (Fsp3) is 0.500. The van der Waals surface area contributed by atoms with E-state index in [0.29, 0.717) is 36.8 Å². The number of nitrogens with one attached hydrogen (secondary N) is 3. The summed E-state index contributed by atoms with van der Waals surface area (Å²) in [5.74, 6) is 1.62. The largest absolute Gasteiger partial charge is 0.508 e. The molecule has 1 unspecified atom stereocenters. The van der Waals surface area contributed by atoms with Crippen LogP contribution in [0.2, 0.25) is 0 Å². The van der Waals surface area contributed by atoms with Crippen LogP contribution in [0.3, 0.4) is 0 Å². The maximum Gasteiger partial charge on any atom is 0.220 e. The summed E-state index contributed by atoms with van der Waals surface area (Å²) in [6.07, 6.45) is 1.30. The Morgan fingerprint density at radius 1 is 1.50 bits per heavy atom. The Hall–Kier alpha value is -1.71. The fourth-order valence-electron chi connectivity index (χ4n) is 2.35. The number of phenols is 1. The monoisotopic (exact) mass is 448 g/mol. The number of methoxy groups -OCH3 is 1. The van der Waals surface area contributed by atoms with Crippen molar-refractivity contribution in [2.75, 3.05) is 20.2 Å². The molecule has 1 saturated heterocycles. The molecule has 1 atom stereocenters. The molecule has 1 aliphatic heterocycles. The number of guanidine groups is 1. The molecule has 1 aromatic carbocycles. The van der Waals surface area contributed by atoms with E-state index in [2.05, 4.69) is 20.9 Å². The SMILES string of the molecule is CCNC(=NCc1cc(OC)ccc1O)NC1CCC(=O)NC1.I. The minimum Gasteiger partial charge on any atom is -0.508 e. The van der Waals surface area contributed by atoms with Gasteiger partial charge in [-0.25, -0.2) is 4.99 Å². The molecule has 24 heavy (non-hydrogen) atoms. The molecule has 0 saturated carbocycles. The number of phenolic OH excluding ortho intramolecular Hbond substituents is 1. The second-order valence-electron chi connectivity index (χ2n) is 5.37. The maximum atomic E-state index is 11.2. The fourth-order valence-corrected chi connectivity index (χ4v) is 2.35. The third kappa shape index (κ3) is 6.06. The molecule has 8 heteroatoms. The number of halogens is 1. The zero-order valence-corrected chi connectivity index (χ0v) is 16.3. The molecule has 134 valence electrons. The first-order valence-electron chi connectivity index (χ1n) is 7.79. The van der Waals surface area contributed by atoms with Crippen LogP contribution in [0.5, 0.6) is 11.5 Å². The van der Waals surface area contributed by atoms with Gasteiger partial charge in [-0.15, -0.1) is 24.0 Å². The molecular weight excluding hydrogens is 423 g/mol. The number of aliphatic imine (C=N–C) groups is 1. The van der Waals surface area contributed by atoms with E-state index < -0.39 is 0 Å². The van der Waals surface area contributed by atoms with E-state index in [9.17, 15) is 9.90 Å². The average molecular weight is 448 g/mol. The smallest absolute Gasteiger partial charge is 0.220 e. The second-order valence-corrected chi connectivity index (χ2v) is 5.37. The molecule has 1 aromatic rings. The van der Waals surface area contributed by atoms with Crippen LogP contribution in [0.25, 0.3) is 0 Å². The van der Waals surface area contributed by atoms with Crippen molar-refractivity contribution >= 4 is 35.8 Å². The van der Waals surface area contributed by atoms with E-state index in [1.54, 1.807) is 25.3 Å². The summed E-state index contributed by atoms with van der Waals surface area (Å²) in [7, 11) is 1.59. The van der Waals surface area contributed by atoms with Gasteiger partial charge in [0.1, 0.15) is 11.5 Å². The van der Waals surface area contributed by atoms with Gasteiger partial charge in [0.2, 0.25) is 5.91 Å². The first-order valence-corrected chi connectivity index (χ1v) is 7.79. The van der Waals surface area contributed by atoms with E-state index in [-0.39, 0.29) is 41.7 Å². The number of hydrogen-bond acceptors (Lipinski definition) is 4. The highest BCUT2D eigenvalue weighted by Crippen LogP contribution is 2.23. The highest BCUT2D eigenvalue weighted by atomic mass is 127. The molecule has 7 nitrogen and oxygen atoms in total. The normalized spacial score (nSPS) is 17.5. The third-order valence-electron chi connectivity index (χ3n) is 3.64. The molecule has 0 bridgehead atoms. The van der Waals surface area contributed by atoms with E-state index >= 15 is 0 Å². The molecule has 1 amide bonds. The lowest BCUT2D eigenvalue weighted by atomic mass is 10.1. The second kappa shape index (κ2) is 10.2. The summed E-state index contributed by atoms with van der Waals surface area (Å²) in [4.78, 5) is 15.7. The number of amides is 1. The quantitative estimate of drug-likeness (QED) is 0.310. The lowest BCUT2D eigenvalue weighted by molar-refractivity contribution is -0.122. The molecule has 0 aromatic heterocycles. The van der Waals surface area contributed by atoms with Gasteiger partial charge in [0, 0.05) is 31.1 Å². The van der Waals surface area contributed by atoms with Crippen LogP contribution in [0.4, 0.5) is 0 Å². The van der Waals surface area contributed by atoms with Crippen molar-refractivity contribution in [1.82, 2.24) is 16.0 Å². The van der Waals surface area contributed by atoms with Crippen molar-refractivity contribution in [3.05, 3.63) is 23.8 Å². The topological polar surface area (TPSA) is 95.0 Å². The van der Waals surface area contributed by atoms with Gasteiger partial charge in [0.25, 0.3) is 0 Å². The van der Waals surface area contributed by atoms with Gasteiger partial charge in [-0.3, -0.25) is 4.79 Å². The molecule has 0 aliphatic carbocycles. The van der Waals surface area contributed by atoms with E-state index in [0.717, 1.165) is 13.0 Å². The van der Waals surface area contributed by atoms with E-state index in [1.165, 1.54) is 0 Å². The standard InChI is InChI=1S/C16H24N4O3.HI/c1-3-17-16(20-12-4-7-15(22)18-10-12)19-9-11-8-13(23-2)5-6-14(11)21;/h5-6,8,12,21H,3-4,7,9-10H2,1-2H3,(H,18,22)(H2,17,19,20);1H. The first kappa shape index (κ1) is 20.3. The zero-order chi connectivity index (χ0) is 16.7. The lowest BCUT2D eigenvalue weighted by Crippen LogP contribution is -2.51. The molecule has 2 rings (SSSR count). The molecule has 1 aliphatic rings. The Bertz CT molecular complexity index is 570. The number of nitrogens with zero attached hydrogens (tertiary/aromatic N) is 1. The maximum absolute atomic E-state index is 11.2. The number of piperidine rings is 1. The van der Waals surface area contributed by atoms with Crippen LogP contribution in [0, 0.1) is 0 Å². The Kier molecular flexibility index (Phi) is 8.66. The summed E-state index contributed by atoms with van der Waals surface area (Å²) in [5, 5.41) is 19.2. The Morgan fingerprint density at radius 2 is 2.29 bits per heavy atom. The van der Waals surface area contributed by atoms with Crippen molar-refractivity contribution in [2.24, 2.45) is 4.99 Å².